The predicted molar refractivity (Wildman–Crippen MR) is 97.4 cm³/mol. The highest BCUT2D eigenvalue weighted by atomic mass is 16.5. The summed E-state index contributed by atoms with van der Waals surface area (Å²) in [6.07, 6.45) is -0.312. The first kappa shape index (κ1) is 19.3. The summed E-state index contributed by atoms with van der Waals surface area (Å²) >= 11 is 0. The molecule has 0 unspecified atom stereocenters. The van der Waals surface area contributed by atoms with E-state index in [1.165, 1.54) is 19.1 Å². The minimum absolute atomic E-state index is 0.0443. The molecule has 2 aromatic carbocycles. The largest absolute Gasteiger partial charge is 0.507 e. The van der Waals surface area contributed by atoms with Gasteiger partial charge in [0.1, 0.15) is 17.1 Å². The van der Waals surface area contributed by atoms with Gasteiger partial charge in [-0.15, -0.1) is 0 Å². The monoisotopic (exact) mass is 357 g/mol. The molecule has 6 nitrogen and oxygen atoms in total. The van der Waals surface area contributed by atoms with Gasteiger partial charge in [0.25, 0.3) is 5.91 Å². The topological polar surface area (TPSA) is 84.9 Å². The number of aromatic hydroxyl groups is 1. The number of rotatable bonds is 7. The normalized spacial score (nSPS) is 11.5. The average molecular weight is 357 g/mol. The highest BCUT2D eigenvalue weighted by Crippen LogP contribution is 2.19. The Bertz CT molecular complexity index is 770. The molecular weight excluding hydrogens is 334 g/mol. The lowest BCUT2D eigenvalue weighted by molar-refractivity contribution is -0.129. The molecule has 0 spiro atoms. The molecule has 0 fully saturated rings. The first-order chi connectivity index (χ1) is 12.4. The van der Waals surface area contributed by atoms with Crippen molar-refractivity contribution in [2.24, 2.45) is 0 Å². The highest BCUT2D eigenvalue weighted by Gasteiger charge is 2.20. The molecule has 2 aromatic rings. The van der Waals surface area contributed by atoms with Crippen LogP contribution >= 0.6 is 0 Å². The smallest absolute Gasteiger partial charge is 0.342 e. The first-order valence-corrected chi connectivity index (χ1v) is 8.32. The zero-order valence-corrected chi connectivity index (χ0v) is 15.1. The summed E-state index contributed by atoms with van der Waals surface area (Å²) in [6, 6.07) is 12.2. The molecule has 138 valence electrons. The molecule has 0 radical (unpaired) electrons. The molecule has 0 saturated heterocycles. The summed E-state index contributed by atoms with van der Waals surface area (Å²) in [5.41, 5.74) is 1.91. The van der Waals surface area contributed by atoms with Gasteiger partial charge in [0.2, 0.25) is 0 Å². The molecule has 1 amide bonds. The SMILES string of the molecule is COc1ccc(CCNC(=O)[C@H](C)OC(=O)c2cc(C)ccc2O)cc1. The van der Waals surface area contributed by atoms with Gasteiger partial charge in [-0.05, 0) is 50.1 Å². The summed E-state index contributed by atoms with van der Waals surface area (Å²) in [5, 5.41) is 12.5. The summed E-state index contributed by atoms with van der Waals surface area (Å²) < 4.78 is 10.2. The Morgan fingerprint density at radius 3 is 2.50 bits per heavy atom. The van der Waals surface area contributed by atoms with Gasteiger partial charge in [0.15, 0.2) is 6.10 Å². The van der Waals surface area contributed by atoms with Crippen LogP contribution in [0, 0.1) is 6.92 Å². The number of phenolic OH excluding ortho intramolecular Hbond substituents is 1. The Kier molecular flexibility index (Phi) is 6.60. The molecule has 2 rings (SSSR count). The van der Waals surface area contributed by atoms with Crippen molar-refractivity contribution in [1.29, 1.82) is 0 Å². The van der Waals surface area contributed by atoms with Crippen molar-refractivity contribution in [2.75, 3.05) is 13.7 Å². The molecular formula is C20H23NO5. The second kappa shape index (κ2) is 8.89. The van der Waals surface area contributed by atoms with Gasteiger partial charge in [-0.25, -0.2) is 4.79 Å². The zero-order chi connectivity index (χ0) is 19.1. The van der Waals surface area contributed by atoms with Gasteiger partial charge < -0.3 is 19.9 Å². The van der Waals surface area contributed by atoms with Gasteiger partial charge in [-0.3, -0.25) is 4.79 Å². The van der Waals surface area contributed by atoms with Crippen molar-refractivity contribution in [2.45, 2.75) is 26.4 Å². The molecule has 0 bridgehead atoms. The number of carbonyl (C=O) groups excluding carboxylic acids is 2. The van der Waals surface area contributed by atoms with E-state index in [2.05, 4.69) is 5.32 Å². The zero-order valence-electron chi connectivity index (χ0n) is 15.1. The summed E-state index contributed by atoms with van der Waals surface area (Å²) in [5.74, 6) is -0.520. The number of esters is 1. The van der Waals surface area contributed by atoms with Crippen LogP contribution in [-0.2, 0) is 16.0 Å². The Labute approximate surface area is 152 Å². The van der Waals surface area contributed by atoms with E-state index in [0.29, 0.717) is 13.0 Å². The van der Waals surface area contributed by atoms with Crippen LogP contribution in [0.3, 0.4) is 0 Å². The maximum atomic E-state index is 12.1. The molecule has 0 saturated carbocycles. The van der Waals surface area contributed by atoms with Crippen molar-refractivity contribution >= 4 is 11.9 Å². The van der Waals surface area contributed by atoms with E-state index < -0.39 is 12.1 Å². The third-order valence-electron chi connectivity index (χ3n) is 3.90. The second-order valence-corrected chi connectivity index (χ2v) is 5.96. The Hall–Kier alpha value is -3.02. The van der Waals surface area contributed by atoms with E-state index in [1.54, 1.807) is 20.1 Å². The first-order valence-electron chi connectivity index (χ1n) is 8.32. The summed E-state index contributed by atoms with van der Waals surface area (Å²) in [6.45, 7) is 3.71. The number of benzene rings is 2. The van der Waals surface area contributed by atoms with Crippen molar-refractivity contribution in [3.63, 3.8) is 0 Å². The standard InChI is InChI=1S/C20H23NO5/c1-13-4-9-18(22)17(12-13)20(24)26-14(2)19(23)21-11-10-15-5-7-16(25-3)8-6-15/h4-9,12,14,22H,10-11H2,1-3H3,(H,21,23)/t14-/m0/s1. The predicted octanol–water partition coefficient (Wildman–Crippen LogP) is 2.61. The molecule has 0 aliphatic heterocycles. The van der Waals surface area contributed by atoms with Crippen LogP contribution in [0.5, 0.6) is 11.5 Å². The van der Waals surface area contributed by atoms with Crippen LogP contribution < -0.4 is 10.1 Å². The number of methoxy groups -OCH3 is 1. The van der Waals surface area contributed by atoms with Crippen LogP contribution in [-0.4, -0.2) is 36.7 Å². The number of phenols is 1. The van der Waals surface area contributed by atoms with E-state index in [1.807, 2.05) is 24.3 Å². The number of ether oxygens (including phenoxy) is 2. The number of carbonyl (C=O) groups is 2. The second-order valence-electron chi connectivity index (χ2n) is 5.96. The van der Waals surface area contributed by atoms with Gasteiger partial charge in [-0.1, -0.05) is 23.8 Å². The van der Waals surface area contributed by atoms with Gasteiger partial charge in [-0.2, -0.15) is 0 Å². The quantitative estimate of drug-likeness (QED) is 0.744. The lowest BCUT2D eigenvalue weighted by Gasteiger charge is -2.14. The van der Waals surface area contributed by atoms with Crippen LogP contribution in [0.25, 0.3) is 0 Å². The Balaban J connectivity index is 1.83. The molecule has 1 atom stereocenters. The van der Waals surface area contributed by atoms with Crippen molar-refractivity contribution < 1.29 is 24.2 Å². The Morgan fingerprint density at radius 1 is 1.15 bits per heavy atom. The Morgan fingerprint density at radius 2 is 1.85 bits per heavy atom. The minimum atomic E-state index is -0.960. The van der Waals surface area contributed by atoms with Crippen LogP contribution in [0.1, 0.15) is 28.4 Å². The third-order valence-corrected chi connectivity index (χ3v) is 3.90. The number of aryl methyl sites for hydroxylation is 1. The lowest BCUT2D eigenvalue weighted by atomic mass is 10.1. The van der Waals surface area contributed by atoms with Gasteiger partial charge >= 0.3 is 5.97 Å². The number of hydrogen-bond donors (Lipinski definition) is 2. The maximum absolute atomic E-state index is 12.1. The van der Waals surface area contributed by atoms with Crippen LogP contribution in [0.2, 0.25) is 0 Å². The van der Waals surface area contributed by atoms with E-state index >= 15 is 0 Å². The molecule has 26 heavy (non-hydrogen) atoms. The summed E-state index contributed by atoms with van der Waals surface area (Å²) in [4.78, 5) is 24.2. The average Bonchev–Trinajstić information content (AvgIpc) is 2.64. The molecule has 0 aliphatic rings. The van der Waals surface area contributed by atoms with E-state index in [9.17, 15) is 14.7 Å². The van der Waals surface area contributed by atoms with Crippen molar-refractivity contribution in [1.82, 2.24) is 5.32 Å². The third kappa shape index (κ3) is 5.24. The number of nitrogens with one attached hydrogen (secondary N) is 1. The molecule has 0 heterocycles. The van der Waals surface area contributed by atoms with Crippen molar-refractivity contribution in [3.05, 3.63) is 59.2 Å². The van der Waals surface area contributed by atoms with Gasteiger partial charge in [0.05, 0.1) is 7.11 Å². The summed E-state index contributed by atoms with van der Waals surface area (Å²) in [7, 11) is 1.61. The van der Waals surface area contributed by atoms with Crippen LogP contribution in [0.15, 0.2) is 42.5 Å². The van der Waals surface area contributed by atoms with E-state index in [-0.39, 0.29) is 17.2 Å². The maximum Gasteiger partial charge on any atom is 0.342 e. The molecule has 2 N–H and O–H groups in total. The van der Waals surface area contributed by atoms with Crippen molar-refractivity contribution in [3.8, 4) is 11.5 Å². The number of amides is 1. The lowest BCUT2D eigenvalue weighted by Crippen LogP contribution is -2.36. The molecule has 6 heteroatoms. The number of hydrogen-bond acceptors (Lipinski definition) is 5. The van der Waals surface area contributed by atoms with E-state index in [0.717, 1.165) is 16.9 Å². The van der Waals surface area contributed by atoms with E-state index in [4.69, 9.17) is 9.47 Å². The highest BCUT2D eigenvalue weighted by molar-refractivity contribution is 5.94. The fourth-order valence-electron chi connectivity index (χ4n) is 2.36. The minimum Gasteiger partial charge on any atom is -0.507 e. The molecule has 0 aliphatic carbocycles. The fraction of sp³-hybridized carbons (Fsp3) is 0.300. The fourth-order valence-corrected chi connectivity index (χ4v) is 2.36. The molecule has 0 aromatic heterocycles. The van der Waals surface area contributed by atoms with Gasteiger partial charge in [0, 0.05) is 6.54 Å². The van der Waals surface area contributed by atoms with Crippen LogP contribution in [0.4, 0.5) is 0 Å².